The largest absolute Gasteiger partial charge is 0.332 e. The average molecular weight is 461 g/mol. The highest BCUT2D eigenvalue weighted by Crippen LogP contribution is 2.37. The number of nitrogens with zero attached hydrogens (tertiary/aromatic N) is 2. The molecule has 0 radical (unpaired) electrons. The normalized spacial score (nSPS) is 16.0. The number of pyridine rings is 1. The highest BCUT2D eigenvalue weighted by Gasteiger charge is 2.40. The van der Waals surface area contributed by atoms with Crippen molar-refractivity contribution < 1.29 is 13.6 Å². The molecule has 1 saturated heterocycles. The summed E-state index contributed by atoms with van der Waals surface area (Å²) >= 11 is 8.10. The van der Waals surface area contributed by atoms with Crippen LogP contribution in [0.5, 0.6) is 0 Å². The zero-order valence-corrected chi connectivity index (χ0v) is 19.2. The predicted molar refractivity (Wildman–Crippen MR) is 122 cm³/mol. The van der Waals surface area contributed by atoms with E-state index in [0.717, 1.165) is 27.3 Å². The monoisotopic (exact) mass is 460 g/mol. The maximum Gasteiger partial charge on any atom is 0.267 e. The number of alkyl halides is 2. The van der Waals surface area contributed by atoms with Gasteiger partial charge in [-0.2, -0.15) is 0 Å². The molecule has 7 heteroatoms. The van der Waals surface area contributed by atoms with Gasteiger partial charge in [-0.25, -0.2) is 8.78 Å². The molecule has 0 spiro atoms. The number of likely N-dealkylation sites (tertiary alicyclic amines) is 1. The van der Waals surface area contributed by atoms with Crippen molar-refractivity contribution in [1.82, 2.24) is 9.88 Å². The summed E-state index contributed by atoms with van der Waals surface area (Å²) in [5.41, 5.74) is 4.15. The van der Waals surface area contributed by atoms with Gasteiger partial charge in [-0.3, -0.25) is 9.78 Å². The number of carbonyl (C=O) groups excluding carboxylic acids is 1. The van der Waals surface area contributed by atoms with Crippen LogP contribution in [0.1, 0.15) is 43.2 Å². The molecule has 0 unspecified atom stereocenters. The number of halogens is 3. The van der Waals surface area contributed by atoms with Gasteiger partial charge in [-0.15, -0.1) is 11.3 Å². The first kappa shape index (κ1) is 21.9. The summed E-state index contributed by atoms with van der Waals surface area (Å²) in [7, 11) is 0. The maximum atomic E-state index is 13.4. The van der Waals surface area contributed by atoms with Crippen molar-refractivity contribution in [3.8, 4) is 21.6 Å². The Kier molecular flexibility index (Phi) is 5.64. The van der Waals surface area contributed by atoms with Crippen LogP contribution in [0.4, 0.5) is 8.78 Å². The Labute approximate surface area is 189 Å². The Morgan fingerprint density at radius 3 is 2.58 bits per heavy atom. The fraction of sp³-hybridized carbons (Fsp3) is 0.333. The van der Waals surface area contributed by atoms with E-state index in [-0.39, 0.29) is 18.4 Å². The lowest BCUT2D eigenvalue weighted by Crippen LogP contribution is -2.31. The lowest BCUT2D eigenvalue weighted by molar-refractivity contribution is 0.0120. The number of benzene rings is 1. The van der Waals surface area contributed by atoms with Gasteiger partial charge >= 0.3 is 0 Å². The lowest BCUT2D eigenvalue weighted by atomic mass is 9.90. The minimum absolute atomic E-state index is 0.0406. The third-order valence-electron chi connectivity index (χ3n) is 5.40. The van der Waals surface area contributed by atoms with Crippen LogP contribution in [0.3, 0.4) is 0 Å². The molecule has 1 aromatic carbocycles. The summed E-state index contributed by atoms with van der Waals surface area (Å²) in [4.78, 5) is 19.3. The molecule has 4 rings (SSSR count). The SMILES string of the molecule is CC(C)(C)c1cc(-c2cc(-c3ccc(C(=O)N4CCC(F)(F)C4)cc3Cl)cs2)ccn1. The van der Waals surface area contributed by atoms with Crippen LogP contribution in [0.15, 0.2) is 48.0 Å². The molecular formula is C24H23ClF2N2OS. The third kappa shape index (κ3) is 4.65. The molecule has 3 aromatic rings. The van der Waals surface area contributed by atoms with E-state index in [4.69, 9.17) is 11.6 Å². The van der Waals surface area contributed by atoms with Gasteiger partial charge in [0.1, 0.15) is 0 Å². The van der Waals surface area contributed by atoms with Crippen LogP contribution in [-0.2, 0) is 5.41 Å². The molecule has 31 heavy (non-hydrogen) atoms. The van der Waals surface area contributed by atoms with E-state index in [0.29, 0.717) is 10.6 Å². The molecule has 0 aliphatic carbocycles. The van der Waals surface area contributed by atoms with E-state index >= 15 is 0 Å². The zero-order chi connectivity index (χ0) is 22.4. The number of aromatic nitrogens is 1. The van der Waals surface area contributed by atoms with Gasteiger partial charge in [0.05, 0.1) is 6.54 Å². The van der Waals surface area contributed by atoms with Gasteiger partial charge in [-0.05, 0) is 46.8 Å². The van der Waals surface area contributed by atoms with Crippen LogP contribution in [0.2, 0.25) is 5.02 Å². The molecule has 0 bridgehead atoms. The second-order valence-corrected chi connectivity index (χ2v) is 10.2. The van der Waals surface area contributed by atoms with Gasteiger partial charge < -0.3 is 4.90 Å². The Hall–Kier alpha value is -2.31. The van der Waals surface area contributed by atoms with Crippen LogP contribution < -0.4 is 0 Å². The number of hydrogen-bond donors (Lipinski definition) is 0. The topological polar surface area (TPSA) is 33.2 Å². The van der Waals surface area contributed by atoms with Crippen molar-refractivity contribution in [3.63, 3.8) is 0 Å². The number of hydrogen-bond acceptors (Lipinski definition) is 3. The molecule has 2 aromatic heterocycles. The van der Waals surface area contributed by atoms with Crippen LogP contribution in [-0.4, -0.2) is 34.8 Å². The number of rotatable bonds is 3. The molecule has 0 N–H and O–H groups in total. The van der Waals surface area contributed by atoms with Crippen molar-refractivity contribution >= 4 is 28.8 Å². The summed E-state index contributed by atoms with van der Waals surface area (Å²) in [5, 5.41) is 2.45. The van der Waals surface area contributed by atoms with Gasteiger partial charge in [0.15, 0.2) is 0 Å². The predicted octanol–water partition coefficient (Wildman–Crippen LogP) is 6.91. The maximum absolute atomic E-state index is 13.4. The molecule has 3 nitrogen and oxygen atoms in total. The molecule has 162 valence electrons. The molecule has 1 fully saturated rings. The van der Waals surface area contributed by atoms with Gasteiger partial charge in [0.25, 0.3) is 11.8 Å². The Morgan fingerprint density at radius 1 is 1.16 bits per heavy atom. The Bertz CT molecular complexity index is 1140. The molecule has 0 saturated carbocycles. The van der Waals surface area contributed by atoms with Gasteiger partial charge in [0, 0.05) is 51.3 Å². The summed E-state index contributed by atoms with van der Waals surface area (Å²) < 4.78 is 26.9. The molecule has 3 heterocycles. The smallest absolute Gasteiger partial charge is 0.267 e. The van der Waals surface area contributed by atoms with Crippen molar-refractivity contribution in [3.05, 3.63) is 64.3 Å². The third-order valence-corrected chi connectivity index (χ3v) is 6.69. The second-order valence-electron chi connectivity index (χ2n) is 8.91. The van der Waals surface area contributed by atoms with E-state index in [9.17, 15) is 13.6 Å². The highest BCUT2D eigenvalue weighted by molar-refractivity contribution is 7.14. The van der Waals surface area contributed by atoms with Crippen LogP contribution in [0.25, 0.3) is 21.6 Å². The zero-order valence-electron chi connectivity index (χ0n) is 17.6. The van der Waals surface area contributed by atoms with Crippen LogP contribution >= 0.6 is 22.9 Å². The minimum Gasteiger partial charge on any atom is -0.332 e. The quantitative estimate of drug-likeness (QED) is 0.425. The first-order valence-electron chi connectivity index (χ1n) is 10.1. The average Bonchev–Trinajstić information content (AvgIpc) is 3.33. The van der Waals surface area contributed by atoms with Gasteiger partial charge in [-0.1, -0.05) is 38.4 Å². The second kappa shape index (κ2) is 7.99. The molecule has 1 aliphatic heterocycles. The summed E-state index contributed by atoms with van der Waals surface area (Å²) in [5.74, 6) is -3.23. The Balaban J connectivity index is 1.58. The van der Waals surface area contributed by atoms with E-state index < -0.39 is 18.4 Å². The molecule has 1 aliphatic rings. The van der Waals surface area contributed by atoms with Crippen LogP contribution in [0, 0.1) is 0 Å². The van der Waals surface area contributed by atoms with Crippen molar-refractivity contribution in [2.45, 2.75) is 38.5 Å². The van der Waals surface area contributed by atoms with Gasteiger partial charge in [0.2, 0.25) is 0 Å². The van der Waals surface area contributed by atoms with Crippen molar-refractivity contribution in [2.24, 2.45) is 0 Å². The fourth-order valence-corrected chi connectivity index (χ4v) is 4.79. The van der Waals surface area contributed by atoms with Crippen molar-refractivity contribution in [2.75, 3.05) is 13.1 Å². The first-order chi connectivity index (χ1) is 14.5. The standard InChI is InChI=1S/C24H23ClF2N2OS/c1-23(2,3)21-12-15(6-8-28-21)20-11-17(13-31-20)18-5-4-16(10-19(18)25)22(30)29-9-7-24(26,27)14-29/h4-6,8,10-13H,7,9,14H2,1-3H3. The first-order valence-corrected chi connectivity index (χ1v) is 11.3. The molecular weight excluding hydrogens is 438 g/mol. The lowest BCUT2D eigenvalue weighted by Gasteiger charge is -2.18. The minimum atomic E-state index is -2.81. The van der Waals surface area contributed by atoms with E-state index in [1.54, 1.807) is 29.5 Å². The summed E-state index contributed by atoms with van der Waals surface area (Å²) in [6.45, 7) is 5.91. The molecule has 0 atom stereocenters. The van der Waals surface area contributed by atoms with E-state index in [1.165, 1.54) is 4.90 Å². The number of thiophene rings is 1. The van der Waals surface area contributed by atoms with Crippen molar-refractivity contribution in [1.29, 1.82) is 0 Å². The fourth-order valence-electron chi connectivity index (χ4n) is 3.60. The van der Waals surface area contributed by atoms with E-state index in [1.807, 2.05) is 17.6 Å². The highest BCUT2D eigenvalue weighted by atomic mass is 35.5. The number of carbonyl (C=O) groups is 1. The number of amides is 1. The summed E-state index contributed by atoms with van der Waals surface area (Å²) in [6, 6.07) is 11.2. The Morgan fingerprint density at radius 2 is 1.94 bits per heavy atom. The summed E-state index contributed by atoms with van der Waals surface area (Å²) in [6.07, 6.45) is 1.53. The van der Waals surface area contributed by atoms with E-state index in [2.05, 4.69) is 37.9 Å². The molecule has 1 amide bonds.